The van der Waals surface area contributed by atoms with E-state index in [-0.39, 0.29) is 43.3 Å². The van der Waals surface area contributed by atoms with E-state index < -0.39 is 22.6 Å². The van der Waals surface area contributed by atoms with E-state index in [1.54, 1.807) is 41.0 Å². The molecule has 0 unspecified atom stereocenters. The third-order valence-electron chi connectivity index (χ3n) is 7.17. The lowest BCUT2D eigenvalue weighted by atomic mass is 10.1. The Bertz CT molecular complexity index is 1590. The number of amides is 2. The second kappa shape index (κ2) is 15.2. The summed E-state index contributed by atoms with van der Waals surface area (Å²) in [6.45, 7) is 0.883. The van der Waals surface area contributed by atoms with Crippen molar-refractivity contribution in [1.82, 2.24) is 14.4 Å². The molecule has 3 aromatic carbocycles. The molecular weight excluding hydrogens is 589 g/mol. The Hall–Kier alpha value is -4.97. The predicted octanol–water partition coefficient (Wildman–Crippen LogP) is 6.17. The Balaban J connectivity index is 1.56. The maximum absolute atomic E-state index is 13.8. The Morgan fingerprint density at radius 2 is 1.60 bits per heavy atom. The number of nitro groups is 1. The molecule has 0 saturated carbocycles. The van der Waals surface area contributed by atoms with Crippen LogP contribution in [0.15, 0.2) is 97.2 Å². The molecule has 2 amide bonds. The van der Waals surface area contributed by atoms with Crippen molar-refractivity contribution >= 4 is 17.5 Å². The third kappa shape index (κ3) is 9.26. The summed E-state index contributed by atoms with van der Waals surface area (Å²) in [5, 5.41) is 11.1. The van der Waals surface area contributed by atoms with Crippen molar-refractivity contribution in [2.75, 3.05) is 26.8 Å². The average Bonchev–Trinajstić information content (AvgIpc) is 3.46. The summed E-state index contributed by atoms with van der Waals surface area (Å²) in [7, 11) is 1.55. The number of rotatable bonds is 14. The number of halogens is 3. The fourth-order valence-electron chi connectivity index (χ4n) is 4.85. The molecule has 1 heterocycles. The van der Waals surface area contributed by atoms with E-state index in [4.69, 9.17) is 4.74 Å². The van der Waals surface area contributed by atoms with Crippen LogP contribution in [-0.4, -0.2) is 57.9 Å². The van der Waals surface area contributed by atoms with Crippen LogP contribution in [-0.2, 0) is 35.3 Å². The van der Waals surface area contributed by atoms with Gasteiger partial charge >= 0.3 is 6.18 Å². The summed E-state index contributed by atoms with van der Waals surface area (Å²) in [6, 6.07) is 23.0. The maximum atomic E-state index is 13.8. The zero-order valence-corrected chi connectivity index (χ0v) is 24.7. The molecule has 4 rings (SSSR count). The second-order valence-electron chi connectivity index (χ2n) is 10.4. The molecule has 0 saturated heterocycles. The molecule has 4 aromatic rings. The highest BCUT2D eigenvalue weighted by molar-refractivity contribution is 5.96. The van der Waals surface area contributed by atoms with Crippen LogP contribution in [0.3, 0.4) is 0 Å². The van der Waals surface area contributed by atoms with Crippen LogP contribution >= 0.6 is 0 Å². The number of alkyl halides is 3. The molecule has 0 atom stereocenters. The minimum Gasteiger partial charge on any atom is -0.385 e. The van der Waals surface area contributed by atoms with E-state index in [0.717, 1.165) is 17.7 Å². The molecule has 1 aromatic heterocycles. The normalized spacial score (nSPS) is 11.3. The SMILES string of the molecule is COCCCN(Cc1cccn1Cc1cccc(C(F)(F)F)c1)C(=O)CN(Cc1ccccc1)C(=O)c1ccc([N+](=O)[O-])cc1. The molecule has 0 aliphatic heterocycles. The maximum Gasteiger partial charge on any atom is 0.416 e. The molecular formula is C33H33F3N4O5. The van der Waals surface area contributed by atoms with Gasteiger partial charge in [0, 0.05) is 62.9 Å². The van der Waals surface area contributed by atoms with Crippen molar-refractivity contribution in [1.29, 1.82) is 0 Å². The molecule has 236 valence electrons. The van der Waals surface area contributed by atoms with Gasteiger partial charge in [-0.25, -0.2) is 0 Å². The first-order chi connectivity index (χ1) is 21.5. The molecule has 45 heavy (non-hydrogen) atoms. The van der Waals surface area contributed by atoms with Crippen molar-refractivity contribution in [3.63, 3.8) is 0 Å². The van der Waals surface area contributed by atoms with Crippen LogP contribution in [0.25, 0.3) is 0 Å². The fraction of sp³-hybridized carbons (Fsp3) is 0.273. The smallest absolute Gasteiger partial charge is 0.385 e. The van der Waals surface area contributed by atoms with Crippen molar-refractivity contribution in [3.8, 4) is 0 Å². The van der Waals surface area contributed by atoms with E-state index in [0.29, 0.717) is 30.8 Å². The summed E-state index contributed by atoms with van der Waals surface area (Å²) in [6.07, 6.45) is -2.20. The van der Waals surface area contributed by atoms with E-state index in [2.05, 4.69) is 0 Å². The van der Waals surface area contributed by atoms with Crippen LogP contribution in [0.5, 0.6) is 0 Å². The standard InChI is InChI=1S/C33H33F3N4O5/c1-45-19-7-18-38(23-30-12-6-17-37(30)22-26-10-5-11-28(20-26)33(34,35)36)31(41)24-39(21-25-8-3-2-4-9-25)32(42)27-13-15-29(16-14-27)40(43)44/h2-6,8-17,20H,7,18-19,21-24H2,1H3. The van der Waals surface area contributed by atoms with Gasteiger partial charge in [-0.05, 0) is 53.9 Å². The lowest BCUT2D eigenvalue weighted by Gasteiger charge is -2.28. The first-order valence-electron chi connectivity index (χ1n) is 14.2. The number of nitro benzene ring substituents is 1. The highest BCUT2D eigenvalue weighted by Gasteiger charge is 2.30. The van der Waals surface area contributed by atoms with Gasteiger partial charge in [-0.2, -0.15) is 13.2 Å². The van der Waals surface area contributed by atoms with Crippen molar-refractivity contribution < 1.29 is 32.4 Å². The molecule has 9 nitrogen and oxygen atoms in total. The predicted molar refractivity (Wildman–Crippen MR) is 161 cm³/mol. The van der Waals surface area contributed by atoms with Gasteiger partial charge in [-0.15, -0.1) is 0 Å². The molecule has 12 heteroatoms. The minimum absolute atomic E-state index is 0.125. The van der Waals surface area contributed by atoms with Crippen molar-refractivity contribution in [2.45, 2.75) is 32.2 Å². The van der Waals surface area contributed by atoms with Gasteiger partial charge < -0.3 is 19.1 Å². The molecule has 0 N–H and O–H groups in total. The summed E-state index contributed by atoms with van der Waals surface area (Å²) in [4.78, 5) is 41.0. The summed E-state index contributed by atoms with van der Waals surface area (Å²) in [5.41, 5.74) is 1.26. The van der Waals surface area contributed by atoms with Crippen LogP contribution in [0, 0.1) is 10.1 Å². The Morgan fingerprint density at radius 3 is 2.27 bits per heavy atom. The summed E-state index contributed by atoms with van der Waals surface area (Å²) >= 11 is 0. The van der Waals surface area contributed by atoms with Gasteiger partial charge in [0.2, 0.25) is 5.91 Å². The number of hydrogen-bond donors (Lipinski definition) is 0. The van der Waals surface area contributed by atoms with Gasteiger partial charge in [-0.3, -0.25) is 19.7 Å². The van der Waals surface area contributed by atoms with Crippen LogP contribution in [0.2, 0.25) is 0 Å². The highest BCUT2D eigenvalue weighted by Crippen LogP contribution is 2.30. The molecule has 0 bridgehead atoms. The Morgan fingerprint density at radius 1 is 0.889 bits per heavy atom. The van der Waals surface area contributed by atoms with Crippen LogP contribution in [0.1, 0.15) is 39.2 Å². The van der Waals surface area contributed by atoms with E-state index >= 15 is 0 Å². The van der Waals surface area contributed by atoms with Gasteiger partial charge in [-0.1, -0.05) is 42.5 Å². The van der Waals surface area contributed by atoms with Crippen molar-refractivity contribution in [3.05, 3.63) is 135 Å². The number of nitrogens with zero attached hydrogens (tertiary/aromatic N) is 4. The lowest BCUT2D eigenvalue weighted by molar-refractivity contribution is -0.384. The van der Waals surface area contributed by atoms with Crippen molar-refractivity contribution in [2.24, 2.45) is 0 Å². The number of hydrogen-bond acceptors (Lipinski definition) is 5. The monoisotopic (exact) mass is 622 g/mol. The first kappa shape index (κ1) is 32.9. The van der Waals surface area contributed by atoms with Gasteiger partial charge in [0.1, 0.15) is 6.54 Å². The summed E-state index contributed by atoms with van der Waals surface area (Å²) in [5.74, 6) is -0.809. The van der Waals surface area contributed by atoms with E-state index in [1.807, 2.05) is 30.3 Å². The number of carbonyl (C=O) groups is 2. The quantitative estimate of drug-likeness (QED) is 0.0952. The number of carbonyl (C=O) groups excluding carboxylic acids is 2. The fourth-order valence-corrected chi connectivity index (χ4v) is 4.85. The highest BCUT2D eigenvalue weighted by atomic mass is 19.4. The molecule has 0 fully saturated rings. The molecule has 0 spiro atoms. The second-order valence-corrected chi connectivity index (χ2v) is 10.4. The molecule has 0 aliphatic rings. The first-order valence-corrected chi connectivity index (χ1v) is 14.2. The number of aromatic nitrogens is 1. The third-order valence-corrected chi connectivity index (χ3v) is 7.17. The Kier molecular flexibility index (Phi) is 11.1. The van der Waals surface area contributed by atoms with Gasteiger partial charge in [0.25, 0.3) is 11.6 Å². The van der Waals surface area contributed by atoms with Gasteiger partial charge in [0.15, 0.2) is 0 Å². The largest absolute Gasteiger partial charge is 0.416 e. The zero-order valence-electron chi connectivity index (χ0n) is 24.7. The van der Waals surface area contributed by atoms with E-state index in [9.17, 15) is 32.9 Å². The zero-order chi connectivity index (χ0) is 32.4. The van der Waals surface area contributed by atoms with Crippen LogP contribution in [0.4, 0.5) is 18.9 Å². The van der Waals surface area contributed by atoms with Gasteiger partial charge in [0.05, 0.1) is 17.0 Å². The average molecular weight is 623 g/mol. The number of methoxy groups -OCH3 is 1. The lowest BCUT2D eigenvalue weighted by Crippen LogP contribution is -2.43. The molecule has 0 radical (unpaired) electrons. The number of non-ortho nitro benzene ring substituents is 1. The number of benzene rings is 3. The van der Waals surface area contributed by atoms with E-state index in [1.165, 1.54) is 35.2 Å². The molecule has 0 aliphatic carbocycles. The summed E-state index contributed by atoms with van der Waals surface area (Å²) < 4.78 is 46.8. The topological polar surface area (TPSA) is 97.9 Å². The minimum atomic E-state index is -4.46. The van der Waals surface area contributed by atoms with Crippen LogP contribution < -0.4 is 0 Å². The Labute approximate surface area is 258 Å². The number of ether oxygens (including phenoxy) is 1.